The molecule has 0 bridgehead atoms. The van der Waals surface area contributed by atoms with Gasteiger partial charge in [-0.2, -0.15) is 0 Å². The average molecular weight is 283 g/mol. The minimum absolute atomic E-state index is 0.215. The Balaban J connectivity index is 1.95. The fourth-order valence-electron chi connectivity index (χ4n) is 2.00. The Hall–Kier alpha value is -1.59. The summed E-state index contributed by atoms with van der Waals surface area (Å²) in [5.41, 5.74) is 0.514. The molecule has 1 aliphatic heterocycles. The standard InChI is InChI=1S/C13H15ClN2O3/c14-9-3-5-10(6-4-9)15-12(18)13(19)16-7-1-2-11(17)8-16/h3-6,11,17H,1-2,7-8H2,(H,15,18)/t11-/m0/s1. The van der Waals surface area contributed by atoms with Crippen molar-refractivity contribution in [1.29, 1.82) is 0 Å². The molecule has 102 valence electrons. The molecule has 1 aromatic rings. The molecule has 2 N–H and O–H groups in total. The second-order valence-corrected chi connectivity index (χ2v) is 4.94. The van der Waals surface area contributed by atoms with Crippen molar-refractivity contribution in [2.45, 2.75) is 18.9 Å². The van der Waals surface area contributed by atoms with Gasteiger partial charge in [-0.15, -0.1) is 0 Å². The molecule has 0 aromatic heterocycles. The molecule has 0 radical (unpaired) electrons. The summed E-state index contributed by atoms with van der Waals surface area (Å²) in [5, 5.41) is 12.6. The van der Waals surface area contributed by atoms with Crippen LogP contribution >= 0.6 is 11.6 Å². The molecular formula is C13H15ClN2O3. The van der Waals surface area contributed by atoms with Gasteiger partial charge in [0.25, 0.3) is 0 Å². The first-order valence-corrected chi connectivity index (χ1v) is 6.48. The first kappa shape index (κ1) is 13.8. The summed E-state index contributed by atoms with van der Waals surface area (Å²) in [4.78, 5) is 25.1. The Bertz CT molecular complexity index is 475. The third-order valence-corrected chi connectivity index (χ3v) is 3.23. The Labute approximate surface area is 116 Å². The molecule has 1 atom stereocenters. The Kier molecular flexibility index (Phi) is 4.39. The van der Waals surface area contributed by atoms with Gasteiger partial charge in [0.2, 0.25) is 0 Å². The van der Waals surface area contributed by atoms with E-state index in [0.29, 0.717) is 30.1 Å². The molecule has 19 heavy (non-hydrogen) atoms. The van der Waals surface area contributed by atoms with Gasteiger partial charge in [-0.25, -0.2) is 0 Å². The quantitative estimate of drug-likeness (QED) is 0.762. The molecule has 1 heterocycles. The van der Waals surface area contributed by atoms with Crippen LogP contribution < -0.4 is 5.32 Å². The van der Waals surface area contributed by atoms with Crippen LogP contribution in [0.25, 0.3) is 0 Å². The maximum atomic E-state index is 11.9. The summed E-state index contributed by atoms with van der Waals surface area (Å²) in [6.45, 7) is 0.719. The molecule has 0 spiro atoms. The smallest absolute Gasteiger partial charge is 0.313 e. The number of nitrogens with one attached hydrogen (secondary N) is 1. The summed E-state index contributed by atoms with van der Waals surface area (Å²) in [5.74, 6) is -1.31. The second kappa shape index (κ2) is 6.04. The number of β-amino-alcohol motifs (C(OH)–C–C–N with tert-alkyl or cyclic N) is 1. The van der Waals surface area contributed by atoms with Crippen LogP contribution in [0.15, 0.2) is 24.3 Å². The first-order valence-electron chi connectivity index (χ1n) is 6.10. The highest BCUT2D eigenvalue weighted by atomic mass is 35.5. The number of amides is 2. The number of anilines is 1. The number of hydrogen-bond acceptors (Lipinski definition) is 3. The minimum atomic E-state index is -0.698. The number of likely N-dealkylation sites (tertiary alicyclic amines) is 1. The SMILES string of the molecule is O=C(Nc1ccc(Cl)cc1)C(=O)N1CCC[C@H](O)C1. The van der Waals surface area contributed by atoms with E-state index in [0.717, 1.165) is 0 Å². The van der Waals surface area contributed by atoms with Gasteiger partial charge in [0.05, 0.1) is 6.10 Å². The van der Waals surface area contributed by atoms with Crippen LogP contribution in [0, 0.1) is 0 Å². The van der Waals surface area contributed by atoms with Crippen molar-refractivity contribution in [3.8, 4) is 0 Å². The fraction of sp³-hybridized carbons (Fsp3) is 0.385. The first-order chi connectivity index (χ1) is 9.06. The molecule has 1 saturated heterocycles. The van der Waals surface area contributed by atoms with Gasteiger partial charge >= 0.3 is 11.8 Å². The van der Waals surface area contributed by atoms with E-state index in [1.807, 2.05) is 0 Å². The van der Waals surface area contributed by atoms with Gasteiger partial charge in [0.15, 0.2) is 0 Å². The number of carbonyl (C=O) groups is 2. The normalized spacial score (nSPS) is 19.1. The van der Waals surface area contributed by atoms with Gasteiger partial charge in [0.1, 0.15) is 0 Å². The third kappa shape index (κ3) is 3.68. The lowest BCUT2D eigenvalue weighted by Crippen LogP contribution is -2.46. The number of carbonyl (C=O) groups excluding carboxylic acids is 2. The van der Waals surface area contributed by atoms with Crippen molar-refractivity contribution in [1.82, 2.24) is 4.90 Å². The molecule has 2 rings (SSSR count). The van der Waals surface area contributed by atoms with E-state index in [1.165, 1.54) is 4.90 Å². The van der Waals surface area contributed by atoms with E-state index in [2.05, 4.69) is 5.32 Å². The average Bonchev–Trinajstić information content (AvgIpc) is 2.40. The van der Waals surface area contributed by atoms with Crippen LogP contribution in [0.3, 0.4) is 0 Å². The summed E-state index contributed by atoms with van der Waals surface area (Å²) >= 11 is 5.73. The number of aliphatic hydroxyl groups is 1. The van der Waals surface area contributed by atoms with Crippen LogP contribution in [0.1, 0.15) is 12.8 Å². The number of piperidine rings is 1. The lowest BCUT2D eigenvalue weighted by atomic mass is 10.1. The molecule has 0 saturated carbocycles. The van der Waals surface area contributed by atoms with Crippen LogP contribution in [0.4, 0.5) is 5.69 Å². The molecule has 1 aromatic carbocycles. The number of rotatable bonds is 1. The van der Waals surface area contributed by atoms with E-state index >= 15 is 0 Å². The molecule has 1 fully saturated rings. The van der Waals surface area contributed by atoms with Crippen molar-refractivity contribution in [3.63, 3.8) is 0 Å². The number of nitrogens with zero attached hydrogens (tertiary/aromatic N) is 1. The Morgan fingerprint density at radius 2 is 2.00 bits per heavy atom. The van der Waals surface area contributed by atoms with Crippen molar-refractivity contribution >= 4 is 29.1 Å². The predicted octanol–water partition coefficient (Wildman–Crippen LogP) is 1.26. The molecule has 1 aliphatic rings. The highest BCUT2D eigenvalue weighted by Gasteiger charge is 2.26. The summed E-state index contributed by atoms with van der Waals surface area (Å²) in [7, 11) is 0. The lowest BCUT2D eigenvalue weighted by Gasteiger charge is -2.29. The van der Waals surface area contributed by atoms with E-state index in [4.69, 9.17) is 11.6 Å². The minimum Gasteiger partial charge on any atom is -0.391 e. The van der Waals surface area contributed by atoms with E-state index < -0.39 is 17.9 Å². The van der Waals surface area contributed by atoms with Crippen molar-refractivity contribution in [2.75, 3.05) is 18.4 Å². The predicted molar refractivity (Wildman–Crippen MR) is 71.9 cm³/mol. The molecule has 0 unspecified atom stereocenters. The van der Waals surface area contributed by atoms with Crippen molar-refractivity contribution < 1.29 is 14.7 Å². The van der Waals surface area contributed by atoms with Gasteiger partial charge in [-0.05, 0) is 37.1 Å². The Morgan fingerprint density at radius 3 is 2.63 bits per heavy atom. The third-order valence-electron chi connectivity index (χ3n) is 2.98. The lowest BCUT2D eigenvalue weighted by molar-refractivity contribution is -0.145. The van der Waals surface area contributed by atoms with E-state index in [-0.39, 0.29) is 6.54 Å². The van der Waals surface area contributed by atoms with Gasteiger partial charge in [-0.3, -0.25) is 9.59 Å². The maximum absolute atomic E-state index is 11.9. The monoisotopic (exact) mass is 282 g/mol. The number of hydrogen-bond donors (Lipinski definition) is 2. The van der Waals surface area contributed by atoms with E-state index in [9.17, 15) is 14.7 Å². The topological polar surface area (TPSA) is 69.6 Å². The van der Waals surface area contributed by atoms with Gasteiger partial charge < -0.3 is 15.3 Å². The zero-order chi connectivity index (χ0) is 13.8. The number of benzene rings is 1. The highest BCUT2D eigenvalue weighted by Crippen LogP contribution is 2.14. The van der Waals surface area contributed by atoms with Crippen molar-refractivity contribution in [3.05, 3.63) is 29.3 Å². The van der Waals surface area contributed by atoms with Crippen LogP contribution in [-0.2, 0) is 9.59 Å². The number of aliphatic hydroxyl groups excluding tert-OH is 1. The zero-order valence-electron chi connectivity index (χ0n) is 10.3. The maximum Gasteiger partial charge on any atom is 0.313 e. The summed E-state index contributed by atoms with van der Waals surface area (Å²) in [6, 6.07) is 6.51. The molecule has 2 amide bonds. The van der Waals surface area contributed by atoms with Crippen molar-refractivity contribution in [2.24, 2.45) is 0 Å². The summed E-state index contributed by atoms with van der Waals surface area (Å²) in [6.07, 6.45) is 0.838. The number of halogens is 1. The fourth-order valence-corrected chi connectivity index (χ4v) is 2.13. The Morgan fingerprint density at radius 1 is 1.32 bits per heavy atom. The summed E-state index contributed by atoms with van der Waals surface area (Å²) < 4.78 is 0. The molecule has 5 nitrogen and oxygen atoms in total. The molecule has 0 aliphatic carbocycles. The molecule has 6 heteroatoms. The second-order valence-electron chi connectivity index (χ2n) is 4.51. The highest BCUT2D eigenvalue weighted by molar-refractivity contribution is 6.39. The van der Waals surface area contributed by atoms with Crippen LogP contribution in [0.5, 0.6) is 0 Å². The largest absolute Gasteiger partial charge is 0.391 e. The van der Waals surface area contributed by atoms with Crippen LogP contribution in [-0.4, -0.2) is 41.0 Å². The van der Waals surface area contributed by atoms with E-state index in [1.54, 1.807) is 24.3 Å². The van der Waals surface area contributed by atoms with Gasteiger partial charge in [-0.1, -0.05) is 11.6 Å². The van der Waals surface area contributed by atoms with Gasteiger partial charge in [0, 0.05) is 23.8 Å². The molecular weight excluding hydrogens is 268 g/mol. The zero-order valence-corrected chi connectivity index (χ0v) is 11.1. The van der Waals surface area contributed by atoms with Crippen LogP contribution in [0.2, 0.25) is 5.02 Å².